The van der Waals surface area contributed by atoms with E-state index < -0.39 is 0 Å². The number of nitrogens with two attached hydrogens (primary N) is 1. The van der Waals surface area contributed by atoms with Gasteiger partial charge in [0.25, 0.3) is 0 Å². The number of piperidine rings is 1. The van der Waals surface area contributed by atoms with Crippen LogP contribution in [0, 0.1) is 12.8 Å². The maximum absolute atomic E-state index is 5.75. The summed E-state index contributed by atoms with van der Waals surface area (Å²) in [5, 5.41) is 3.38. The molecule has 0 unspecified atom stereocenters. The van der Waals surface area contributed by atoms with E-state index in [0.29, 0.717) is 5.70 Å². The van der Waals surface area contributed by atoms with Crippen LogP contribution in [0.4, 0.5) is 0 Å². The zero-order valence-corrected chi connectivity index (χ0v) is 10.5. The molecule has 0 atom stereocenters. The van der Waals surface area contributed by atoms with Crippen molar-refractivity contribution in [3.05, 3.63) is 35.7 Å². The Labute approximate surface area is 103 Å². The Kier molecular flexibility index (Phi) is 3.79. The van der Waals surface area contributed by atoms with Crippen LogP contribution in [-0.4, -0.2) is 18.1 Å². The molecule has 2 heterocycles. The quantitative estimate of drug-likeness (QED) is 0.835. The third-order valence-electron chi connectivity index (χ3n) is 3.42. The van der Waals surface area contributed by atoms with Gasteiger partial charge in [-0.1, -0.05) is 12.6 Å². The van der Waals surface area contributed by atoms with E-state index in [2.05, 4.69) is 29.0 Å². The van der Waals surface area contributed by atoms with E-state index in [-0.39, 0.29) is 0 Å². The lowest BCUT2D eigenvalue weighted by molar-refractivity contribution is 0.370. The number of nitrogens with one attached hydrogen (secondary N) is 1. The topological polar surface area (TPSA) is 50.9 Å². The van der Waals surface area contributed by atoms with Gasteiger partial charge in [0.2, 0.25) is 0 Å². The van der Waals surface area contributed by atoms with E-state index in [1.165, 1.54) is 12.8 Å². The van der Waals surface area contributed by atoms with Crippen LogP contribution < -0.4 is 11.1 Å². The van der Waals surface area contributed by atoms with Crippen molar-refractivity contribution in [1.29, 1.82) is 0 Å². The number of rotatable bonds is 3. The summed E-state index contributed by atoms with van der Waals surface area (Å²) in [5.41, 5.74) is 9.42. The Morgan fingerprint density at radius 2 is 2.18 bits per heavy atom. The van der Waals surface area contributed by atoms with Crippen molar-refractivity contribution in [2.24, 2.45) is 11.7 Å². The van der Waals surface area contributed by atoms with Crippen molar-refractivity contribution in [2.75, 3.05) is 13.1 Å². The molecule has 0 aliphatic carbocycles. The van der Waals surface area contributed by atoms with Gasteiger partial charge in [-0.05, 0) is 56.8 Å². The number of aromatic nitrogens is 1. The number of hydrogen-bond donors (Lipinski definition) is 2. The molecule has 0 amide bonds. The van der Waals surface area contributed by atoms with Crippen LogP contribution in [0.15, 0.2) is 18.7 Å². The Hall–Kier alpha value is -1.35. The van der Waals surface area contributed by atoms with Crippen LogP contribution in [0.25, 0.3) is 5.70 Å². The van der Waals surface area contributed by atoms with Crippen LogP contribution in [0.5, 0.6) is 0 Å². The Morgan fingerprint density at radius 1 is 1.47 bits per heavy atom. The van der Waals surface area contributed by atoms with Gasteiger partial charge in [-0.15, -0.1) is 0 Å². The maximum Gasteiger partial charge on any atom is 0.0885 e. The molecule has 1 aliphatic heterocycles. The second kappa shape index (κ2) is 5.32. The van der Waals surface area contributed by atoms with Gasteiger partial charge in [-0.2, -0.15) is 0 Å². The van der Waals surface area contributed by atoms with E-state index in [0.717, 1.165) is 42.4 Å². The third kappa shape index (κ3) is 3.07. The summed E-state index contributed by atoms with van der Waals surface area (Å²) in [6.45, 7) is 8.07. The van der Waals surface area contributed by atoms with Gasteiger partial charge < -0.3 is 11.1 Å². The van der Waals surface area contributed by atoms with Crippen LogP contribution in [0.3, 0.4) is 0 Å². The first-order chi connectivity index (χ1) is 8.16. The average molecular weight is 231 g/mol. The minimum Gasteiger partial charge on any atom is -0.397 e. The fourth-order valence-corrected chi connectivity index (χ4v) is 2.39. The summed E-state index contributed by atoms with van der Waals surface area (Å²) in [7, 11) is 0. The molecule has 0 aromatic carbocycles. The van der Waals surface area contributed by atoms with Gasteiger partial charge in [-0.3, -0.25) is 4.98 Å². The van der Waals surface area contributed by atoms with Crippen LogP contribution in [-0.2, 0) is 6.42 Å². The molecule has 0 radical (unpaired) electrons. The zero-order valence-electron chi connectivity index (χ0n) is 10.5. The predicted molar refractivity (Wildman–Crippen MR) is 71.5 cm³/mol. The molecule has 1 saturated heterocycles. The molecule has 0 bridgehead atoms. The fraction of sp³-hybridized carbons (Fsp3) is 0.500. The van der Waals surface area contributed by atoms with Gasteiger partial charge in [0, 0.05) is 5.69 Å². The summed E-state index contributed by atoms with van der Waals surface area (Å²) >= 11 is 0. The van der Waals surface area contributed by atoms with Gasteiger partial charge in [-0.25, -0.2) is 0 Å². The van der Waals surface area contributed by atoms with Crippen molar-refractivity contribution >= 4 is 5.70 Å². The standard InChI is InChI=1S/C14H21N3/c1-10-3-4-13(17-14(10)11(2)15)9-12-5-7-16-8-6-12/h3-4,12,16H,2,5-9,15H2,1H3. The smallest absolute Gasteiger partial charge is 0.0885 e. The van der Waals surface area contributed by atoms with Crippen molar-refractivity contribution < 1.29 is 0 Å². The van der Waals surface area contributed by atoms with Crippen LogP contribution in [0.2, 0.25) is 0 Å². The highest BCUT2D eigenvalue weighted by molar-refractivity contribution is 5.59. The molecular formula is C14H21N3. The lowest BCUT2D eigenvalue weighted by Gasteiger charge is -2.22. The second-order valence-electron chi connectivity index (χ2n) is 4.89. The molecule has 3 N–H and O–H groups in total. The molecular weight excluding hydrogens is 210 g/mol. The van der Waals surface area contributed by atoms with Crippen molar-refractivity contribution in [3.63, 3.8) is 0 Å². The first kappa shape index (κ1) is 12.1. The highest BCUT2D eigenvalue weighted by Crippen LogP contribution is 2.19. The Morgan fingerprint density at radius 3 is 2.82 bits per heavy atom. The molecule has 1 fully saturated rings. The minimum absolute atomic E-state index is 0.565. The van der Waals surface area contributed by atoms with E-state index >= 15 is 0 Å². The number of aryl methyl sites for hydroxylation is 1. The van der Waals surface area contributed by atoms with Gasteiger partial charge in [0.1, 0.15) is 0 Å². The first-order valence-electron chi connectivity index (χ1n) is 6.29. The third-order valence-corrected chi connectivity index (χ3v) is 3.42. The number of nitrogens with zero attached hydrogens (tertiary/aromatic N) is 1. The maximum atomic E-state index is 5.75. The predicted octanol–water partition coefficient (Wildman–Crippen LogP) is 1.86. The molecule has 1 aliphatic rings. The molecule has 3 nitrogen and oxygen atoms in total. The lowest BCUT2D eigenvalue weighted by atomic mass is 9.93. The van der Waals surface area contributed by atoms with E-state index in [9.17, 15) is 0 Å². The molecule has 2 rings (SSSR count). The highest BCUT2D eigenvalue weighted by Gasteiger charge is 2.14. The van der Waals surface area contributed by atoms with Crippen molar-refractivity contribution in [1.82, 2.24) is 10.3 Å². The largest absolute Gasteiger partial charge is 0.397 e. The highest BCUT2D eigenvalue weighted by atomic mass is 14.9. The Bertz CT molecular complexity index is 406. The monoisotopic (exact) mass is 231 g/mol. The SMILES string of the molecule is C=C(N)c1nc(CC2CCNCC2)ccc1C. The number of hydrogen-bond acceptors (Lipinski definition) is 3. The normalized spacial score (nSPS) is 17.0. The average Bonchev–Trinajstić information content (AvgIpc) is 2.32. The molecule has 1 aromatic rings. The van der Waals surface area contributed by atoms with Crippen molar-refractivity contribution in [3.8, 4) is 0 Å². The van der Waals surface area contributed by atoms with Crippen LogP contribution in [0.1, 0.15) is 29.8 Å². The summed E-state index contributed by atoms with van der Waals surface area (Å²) in [6, 6.07) is 4.21. The van der Waals surface area contributed by atoms with Gasteiger partial charge in [0.15, 0.2) is 0 Å². The molecule has 1 aromatic heterocycles. The Balaban J connectivity index is 2.10. The summed E-state index contributed by atoms with van der Waals surface area (Å²) < 4.78 is 0. The second-order valence-corrected chi connectivity index (χ2v) is 4.89. The first-order valence-corrected chi connectivity index (χ1v) is 6.29. The summed E-state index contributed by atoms with van der Waals surface area (Å²) in [4.78, 5) is 4.62. The minimum atomic E-state index is 0.565. The summed E-state index contributed by atoms with van der Waals surface area (Å²) in [5.74, 6) is 0.755. The molecule has 92 valence electrons. The fourth-order valence-electron chi connectivity index (χ4n) is 2.39. The van der Waals surface area contributed by atoms with Crippen molar-refractivity contribution in [2.45, 2.75) is 26.2 Å². The van der Waals surface area contributed by atoms with E-state index in [1.54, 1.807) is 0 Å². The van der Waals surface area contributed by atoms with Crippen LogP contribution >= 0.6 is 0 Å². The van der Waals surface area contributed by atoms with Gasteiger partial charge >= 0.3 is 0 Å². The van der Waals surface area contributed by atoms with Gasteiger partial charge in [0.05, 0.1) is 11.4 Å². The molecule has 17 heavy (non-hydrogen) atoms. The van der Waals surface area contributed by atoms with E-state index in [4.69, 9.17) is 5.73 Å². The lowest BCUT2D eigenvalue weighted by Crippen LogP contribution is -2.28. The summed E-state index contributed by atoms with van der Waals surface area (Å²) in [6.07, 6.45) is 3.55. The van der Waals surface area contributed by atoms with E-state index in [1.807, 2.05) is 6.92 Å². The molecule has 0 saturated carbocycles. The molecule has 3 heteroatoms. The number of pyridine rings is 1. The zero-order chi connectivity index (χ0) is 12.3. The molecule has 0 spiro atoms.